The van der Waals surface area contributed by atoms with E-state index in [2.05, 4.69) is 17.4 Å². The van der Waals surface area contributed by atoms with Crippen molar-refractivity contribution in [2.24, 2.45) is 17.6 Å². The van der Waals surface area contributed by atoms with Gasteiger partial charge in [-0.05, 0) is 38.0 Å². The van der Waals surface area contributed by atoms with Crippen LogP contribution in [0.2, 0.25) is 0 Å². The molecule has 1 saturated heterocycles. The summed E-state index contributed by atoms with van der Waals surface area (Å²) in [7, 11) is 0. The standard InChI is InChI=1S/C13H25N3O/c1-10-5-6-11(14)9-12(10)13(17)15-16-7-3-2-4-8-16/h10-12H,2-9,14H2,1H3,(H,15,17). The van der Waals surface area contributed by atoms with Crippen molar-refractivity contribution in [1.29, 1.82) is 0 Å². The molecule has 1 aliphatic carbocycles. The Morgan fingerprint density at radius 1 is 1.24 bits per heavy atom. The molecule has 2 rings (SSSR count). The molecule has 0 aromatic carbocycles. The molecule has 0 aromatic rings. The Hall–Kier alpha value is -0.610. The Morgan fingerprint density at radius 2 is 1.94 bits per heavy atom. The number of hydrogen-bond acceptors (Lipinski definition) is 3. The zero-order chi connectivity index (χ0) is 12.3. The van der Waals surface area contributed by atoms with Gasteiger partial charge in [0.25, 0.3) is 0 Å². The maximum Gasteiger partial charge on any atom is 0.237 e. The molecule has 98 valence electrons. The maximum absolute atomic E-state index is 12.2. The summed E-state index contributed by atoms with van der Waals surface area (Å²) in [4.78, 5) is 12.2. The normalized spacial score (nSPS) is 35.5. The van der Waals surface area contributed by atoms with Gasteiger partial charge in [0, 0.05) is 25.0 Å². The third-order valence-corrected chi connectivity index (χ3v) is 4.20. The summed E-state index contributed by atoms with van der Waals surface area (Å²) in [5, 5.41) is 2.08. The quantitative estimate of drug-likeness (QED) is 0.763. The summed E-state index contributed by atoms with van der Waals surface area (Å²) in [5.41, 5.74) is 9.04. The fourth-order valence-electron chi connectivity index (χ4n) is 2.96. The van der Waals surface area contributed by atoms with Gasteiger partial charge in [0.2, 0.25) is 5.91 Å². The van der Waals surface area contributed by atoms with Crippen LogP contribution >= 0.6 is 0 Å². The molecular weight excluding hydrogens is 214 g/mol. The number of nitrogens with one attached hydrogen (secondary N) is 1. The Bertz CT molecular complexity index is 263. The molecule has 3 atom stereocenters. The molecule has 0 spiro atoms. The van der Waals surface area contributed by atoms with Crippen molar-refractivity contribution in [3.8, 4) is 0 Å². The highest BCUT2D eigenvalue weighted by Crippen LogP contribution is 2.29. The lowest BCUT2D eigenvalue weighted by molar-refractivity contribution is -0.133. The molecule has 4 nitrogen and oxygen atoms in total. The van der Waals surface area contributed by atoms with Crippen molar-refractivity contribution in [3.05, 3.63) is 0 Å². The van der Waals surface area contributed by atoms with Crippen LogP contribution in [0.4, 0.5) is 0 Å². The van der Waals surface area contributed by atoms with Gasteiger partial charge in [-0.1, -0.05) is 13.3 Å². The van der Waals surface area contributed by atoms with E-state index in [-0.39, 0.29) is 17.9 Å². The van der Waals surface area contributed by atoms with Crippen molar-refractivity contribution in [2.45, 2.75) is 51.5 Å². The highest BCUT2D eigenvalue weighted by Gasteiger charge is 2.32. The van der Waals surface area contributed by atoms with Crippen LogP contribution in [0, 0.1) is 11.8 Å². The van der Waals surface area contributed by atoms with Gasteiger partial charge in [0.05, 0.1) is 0 Å². The van der Waals surface area contributed by atoms with Crippen LogP contribution in [-0.2, 0) is 4.79 Å². The topological polar surface area (TPSA) is 58.4 Å². The van der Waals surface area contributed by atoms with Crippen LogP contribution in [0.5, 0.6) is 0 Å². The summed E-state index contributed by atoms with van der Waals surface area (Å²) in [6.45, 7) is 4.17. The first-order valence-electron chi connectivity index (χ1n) is 6.98. The molecular formula is C13H25N3O. The predicted molar refractivity (Wildman–Crippen MR) is 68.0 cm³/mol. The molecule has 1 aliphatic heterocycles. The first-order valence-corrected chi connectivity index (χ1v) is 6.98. The third kappa shape index (κ3) is 3.42. The molecule has 0 bridgehead atoms. The van der Waals surface area contributed by atoms with E-state index >= 15 is 0 Å². The molecule has 1 heterocycles. The lowest BCUT2D eigenvalue weighted by Gasteiger charge is -2.34. The zero-order valence-electron chi connectivity index (χ0n) is 10.8. The second-order valence-electron chi connectivity index (χ2n) is 5.68. The van der Waals surface area contributed by atoms with E-state index in [0.29, 0.717) is 5.92 Å². The average molecular weight is 239 g/mol. The van der Waals surface area contributed by atoms with E-state index in [1.807, 2.05) is 0 Å². The number of piperidine rings is 1. The fraction of sp³-hybridized carbons (Fsp3) is 0.923. The monoisotopic (exact) mass is 239 g/mol. The maximum atomic E-state index is 12.2. The summed E-state index contributed by atoms with van der Waals surface area (Å²) >= 11 is 0. The van der Waals surface area contributed by atoms with Crippen LogP contribution in [-0.4, -0.2) is 30.0 Å². The van der Waals surface area contributed by atoms with Gasteiger partial charge in [-0.25, -0.2) is 5.01 Å². The van der Waals surface area contributed by atoms with Gasteiger partial charge in [0.1, 0.15) is 0 Å². The first-order chi connectivity index (χ1) is 8.16. The van der Waals surface area contributed by atoms with Crippen LogP contribution in [0.1, 0.15) is 45.4 Å². The molecule has 2 aliphatic rings. The highest BCUT2D eigenvalue weighted by atomic mass is 16.2. The van der Waals surface area contributed by atoms with E-state index in [1.165, 1.54) is 19.3 Å². The van der Waals surface area contributed by atoms with E-state index in [1.54, 1.807) is 0 Å². The van der Waals surface area contributed by atoms with Crippen LogP contribution in [0.25, 0.3) is 0 Å². The van der Waals surface area contributed by atoms with Gasteiger partial charge in [-0.15, -0.1) is 0 Å². The lowest BCUT2D eigenvalue weighted by Crippen LogP contribution is -2.50. The van der Waals surface area contributed by atoms with Crippen LogP contribution in [0.15, 0.2) is 0 Å². The van der Waals surface area contributed by atoms with Crippen LogP contribution < -0.4 is 11.2 Å². The van der Waals surface area contributed by atoms with Crippen molar-refractivity contribution in [2.75, 3.05) is 13.1 Å². The molecule has 0 aromatic heterocycles. The van der Waals surface area contributed by atoms with Crippen molar-refractivity contribution < 1.29 is 4.79 Å². The lowest BCUT2D eigenvalue weighted by atomic mass is 9.78. The molecule has 3 N–H and O–H groups in total. The summed E-state index contributed by atoms with van der Waals surface area (Å²) in [6.07, 6.45) is 6.67. The van der Waals surface area contributed by atoms with Gasteiger partial charge in [-0.2, -0.15) is 0 Å². The third-order valence-electron chi connectivity index (χ3n) is 4.20. The first kappa shape index (κ1) is 12.8. The minimum Gasteiger partial charge on any atom is -0.328 e. The predicted octanol–water partition coefficient (Wildman–Crippen LogP) is 1.27. The van der Waals surface area contributed by atoms with Gasteiger partial charge in [0.15, 0.2) is 0 Å². The van der Waals surface area contributed by atoms with Crippen molar-refractivity contribution in [3.63, 3.8) is 0 Å². The van der Waals surface area contributed by atoms with Crippen molar-refractivity contribution in [1.82, 2.24) is 10.4 Å². The molecule has 2 fully saturated rings. The number of rotatable bonds is 2. The fourth-order valence-corrected chi connectivity index (χ4v) is 2.96. The molecule has 1 saturated carbocycles. The molecule has 4 heteroatoms. The largest absolute Gasteiger partial charge is 0.328 e. The summed E-state index contributed by atoms with van der Waals surface area (Å²) in [6, 6.07) is 0.211. The minimum absolute atomic E-state index is 0.112. The second kappa shape index (κ2) is 5.83. The molecule has 0 radical (unpaired) electrons. The van der Waals surface area contributed by atoms with E-state index in [4.69, 9.17) is 5.73 Å². The van der Waals surface area contributed by atoms with E-state index in [0.717, 1.165) is 32.4 Å². The molecule has 17 heavy (non-hydrogen) atoms. The average Bonchev–Trinajstić information content (AvgIpc) is 2.33. The number of nitrogens with zero attached hydrogens (tertiary/aromatic N) is 1. The number of carbonyl (C=O) groups is 1. The number of carbonyl (C=O) groups excluding carboxylic acids is 1. The molecule has 3 unspecified atom stereocenters. The SMILES string of the molecule is CC1CCC(N)CC1C(=O)NN1CCCCC1. The smallest absolute Gasteiger partial charge is 0.237 e. The summed E-state index contributed by atoms with van der Waals surface area (Å²) < 4.78 is 0. The second-order valence-corrected chi connectivity index (χ2v) is 5.68. The van der Waals surface area contributed by atoms with Gasteiger partial charge < -0.3 is 5.73 Å². The Labute approximate surface area is 104 Å². The number of amides is 1. The number of hydrazine groups is 1. The van der Waals surface area contributed by atoms with Gasteiger partial charge in [-0.3, -0.25) is 10.2 Å². The Kier molecular flexibility index (Phi) is 4.40. The zero-order valence-corrected chi connectivity index (χ0v) is 10.8. The van der Waals surface area contributed by atoms with Gasteiger partial charge >= 0.3 is 0 Å². The molecule has 1 amide bonds. The number of hydrogen-bond donors (Lipinski definition) is 2. The van der Waals surface area contributed by atoms with E-state index in [9.17, 15) is 4.79 Å². The Balaban J connectivity index is 1.85. The number of nitrogens with two attached hydrogens (primary N) is 1. The van der Waals surface area contributed by atoms with E-state index < -0.39 is 0 Å². The minimum atomic E-state index is 0.112. The summed E-state index contributed by atoms with van der Waals surface area (Å²) in [5.74, 6) is 0.773. The van der Waals surface area contributed by atoms with Crippen LogP contribution in [0.3, 0.4) is 0 Å². The highest BCUT2D eigenvalue weighted by molar-refractivity contribution is 5.78. The van der Waals surface area contributed by atoms with Crippen molar-refractivity contribution >= 4 is 5.91 Å². The Morgan fingerprint density at radius 3 is 2.65 bits per heavy atom.